The third-order valence-corrected chi connectivity index (χ3v) is 3.35. The molecule has 84 valence electrons. The maximum Gasteiger partial charge on any atom is 0.389 e. The summed E-state index contributed by atoms with van der Waals surface area (Å²) in [6.45, 7) is 4.32. The molecule has 0 saturated heterocycles. The van der Waals surface area contributed by atoms with Crippen molar-refractivity contribution in [3.8, 4) is 0 Å². The van der Waals surface area contributed by atoms with E-state index in [0.29, 0.717) is 11.8 Å². The van der Waals surface area contributed by atoms with Crippen molar-refractivity contribution in [3.63, 3.8) is 0 Å². The Labute approximate surface area is 83.9 Å². The molecule has 0 bridgehead atoms. The zero-order chi connectivity index (χ0) is 10.8. The van der Waals surface area contributed by atoms with E-state index in [1.807, 2.05) is 0 Å². The minimum Gasteiger partial charge on any atom is -0.171 e. The molecule has 0 aromatic carbocycles. The number of alkyl halides is 3. The number of halogens is 3. The molecule has 0 heterocycles. The van der Waals surface area contributed by atoms with Crippen molar-refractivity contribution < 1.29 is 13.2 Å². The zero-order valence-corrected chi connectivity index (χ0v) is 8.90. The second-order valence-corrected chi connectivity index (χ2v) is 4.84. The van der Waals surface area contributed by atoms with Gasteiger partial charge in [0.05, 0.1) is 0 Å². The molecule has 1 saturated carbocycles. The summed E-state index contributed by atoms with van der Waals surface area (Å²) in [6, 6.07) is 0. The largest absolute Gasteiger partial charge is 0.389 e. The van der Waals surface area contributed by atoms with Gasteiger partial charge in [0.25, 0.3) is 0 Å². The molecule has 0 aromatic rings. The minimum atomic E-state index is -3.96. The highest BCUT2D eigenvalue weighted by molar-refractivity contribution is 4.76. The molecule has 14 heavy (non-hydrogen) atoms. The highest BCUT2D eigenvalue weighted by Crippen LogP contribution is 2.38. The van der Waals surface area contributed by atoms with Crippen LogP contribution in [-0.4, -0.2) is 6.18 Å². The third kappa shape index (κ3) is 3.89. The van der Waals surface area contributed by atoms with Crippen LogP contribution in [0.3, 0.4) is 0 Å². The van der Waals surface area contributed by atoms with Gasteiger partial charge >= 0.3 is 6.18 Å². The summed E-state index contributed by atoms with van der Waals surface area (Å²) in [4.78, 5) is 0. The van der Waals surface area contributed by atoms with Crippen LogP contribution < -0.4 is 0 Å². The molecule has 1 aliphatic rings. The van der Waals surface area contributed by atoms with Crippen LogP contribution in [0.5, 0.6) is 0 Å². The minimum absolute atomic E-state index is 0.106. The summed E-state index contributed by atoms with van der Waals surface area (Å²) < 4.78 is 36.3. The van der Waals surface area contributed by atoms with Crippen LogP contribution in [0.4, 0.5) is 13.2 Å². The highest BCUT2D eigenvalue weighted by atomic mass is 19.4. The van der Waals surface area contributed by atoms with Crippen molar-refractivity contribution in [2.45, 2.75) is 52.1 Å². The first kappa shape index (κ1) is 11.9. The first-order chi connectivity index (χ1) is 6.38. The topological polar surface area (TPSA) is 0 Å². The van der Waals surface area contributed by atoms with Gasteiger partial charge < -0.3 is 0 Å². The Kier molecular flexibility index (Phi) is 3.85. The molecular formula is C11H19F3. The Morgan fingerprint density at radius 1 is 1.07 bits per heavy atom. The van der Waals surface area contributed by atoms with Gasteiger partial charge in [-0.2, -0.15) is 13.2 Å². The smallest absolute Gasteiger partial charge is 0.171 e. The monoisotopic (exact) mass is 208 g/mol. The molecule has 0 radical (unpaired) electrons. The molecule has 0 amide bonds. The summed E-state index contributed by atoms with van der Waals surface area (Å²) >= 11 is 0. The van der Waals surface area contributed by atoms with Gasteiger partial charge in [0.15, 0.2) is 0 Å². The quantitative estimate of drug-likeness (QED) is 0.631. The van der Waals surface area contributed by atoms with E-state index < -0.39 is 12.6 Å². The molecule has 1 fully saturated rings. The number of hydrogen-bond acceptors (Lipinski definition) is 0. The maximum atomic E-state index is 12.1. The second kappa shape index (κ2) is 4.54. The Bertz CT molecular complexity index is 164. The Balaban J connectivity index is 2.29. The van der Waals surface area contributed by atoms with E-state index in [4.69, 9.17) is 0 Å². The van der Waals surface area contributed by atoms with Crippen molar-refractivity contribution >= 4 is 0 Å². The summed E-state index contributed by atoms with van der Waals surface area (Å²) in [5, 5.41) is 0. The lowest BCUT2D eigenvalue weighted by Crippen LogP contribution is -2.22. The Morgan fingerprint density at radius 2 is 1.57 bits per heavy atom. The molecule has 0 spiro atoms. The average molecular weight is 208 g/mol. The molecule has 0 aromatic heterocycles. The molecular weight excluding hydrogens is 189 g/mol. The van der Waals surface area contributed by atoms with Gasteiger partial charge in [-0.3, -0.25) is 0 Å². The van der Waals surface area contributed by atoms with Gasteiger partial charge in [-0.25, -0.2) is 0 Å². The van der Waals surface area contributed by atoms with Crippen molar-refractivity contribution in [1.82, 2.24) is 0 Å². The highest BCUT2D eigenvalue weighted by Gasteiger charge is 2.34. The SMILES string of the molecule is CC(C)C1CCC(CC(F)(F)F)CC1. The predicted molar refractivity (Wildman–Crippen MR) is 51.0 cm³/mol. The van der Waals surface area contributed by atoms with E-state index in [9.17, 15) is 13.2 Å². The lowest BCUT2D eigenvalue weighted by atomic mass is 9.76. The number of rotatable bonds is 2. The first-order valence-corrected chi connectivity index (χ1v) is 5.45. The fraction of sp³-hybridized carbons (Fsp3) is 1.00. The fourth-order valence-electron chi connectivity index (χ4n) is 2.39. The fourth-order valence-corrected chi connectivity index (χ4v) is 2.39. The van der Waals surface area contributed by atoms with Crippen LogP contribution in [0.2, 0.25) is 0 Å². The Morgan fingerprint density at radius 3 is 1.93 bits per heavy atom. The summed E-state index contributed by atoms with van der Waals surface area (Å²) in [7, 11) is 0. The van der Waals surface area contributed by atoms with Crippen LogP contribution in [-0.2, 0) is 0 Å². The van der Waals surface area contributed by atoms with Gasteiger partial charge in [-0.05, 0) is 43.4 Å². The molecule has 3 heteroatoms. The molecule has 0 unspecified atom stereocenters. The standard InChI is InChI=1S/C11H19F3/c1-8(2)10-5-3-9(4-6-10)7-11(12,13)14/h8-10H,3-7H2,1-2H3. The van der Waals surface area contributed by atoms with E-state index in [1.54, 1.807) is 0 Å². The summed E-state index contributed by atoms with van der Waals surface area (Å²) in [5.74, 6) is 1.17. The van der Waals surface area contributed by atoms with Crippen LogP contribution >= 0.6 is 0 Å². The van der Waals surface area contributed by atoms with E-state index in [0.717, 1.165) is 25.7 Å². The zero-order valence-electron chi connectivity index (χ0n) is 8.90. The molecule has 0 nitrogen and oxygen atoms in total. The van der Waals surface area contributed by atoms with Crippen LogP contribution in [0.25, 0.3) is 0 Å². The lowest BCUT2D eigenvalue weighted by molar-refractivity contribution is -0.147. The summed E-state index contributed by atoms with van der Waals surface area (Å²) in [6.07, 6.45) is -1.03. The van der Waals surface area contributed by atoms with E-state index in [-0.39, 0.29) is 5.92 Å². The second-order valence-electron chi connectivity index (χ2n) is 4.84. The molecule has 0 atom stereocenters. The average Bonchev–Trinajstić information content (AvgIpc) is 2.02. The Hall–Kier alpha value is -0.210. The van der Waals surface area contributed by atoms with E-state index >= 15 is 0 Å². The van der Waals surface area contributed by atoms with Crippen molar-refractivity contribution in [2.24, 2.45) is 17.8 Å². The van der Waals surface area contributed by atoms with Gasteiger partial charge in [0, 0.05) is 6.42 Å². The maximum absolute atomic E-state index is 12.1. The number of hydrogen-bond donors (Lipinski definition) is 0. The van der Waals surface area contributed by atoms with E-state index in [1.165, 1.54) is 0 Å². The molecule has 0 aliphatic heterocycles. The van der Waals surface area contributed by atoms with E-state index in [2.05, 4.69) is 13.8 Å². The summed E-state index contributed by atoms with van der Waals surface area (Å²) in [5.41, 5.74) is 0. The molecule has 0 N–H and O–H groups in total. The van der Waals surface area contributed by atoms with Crippen LogP contribution in [0, 0.1) is 17.8 Å². The van der Waals surface area contributed by atoms with Gasteiger partial charge in [-0.1, -0.05) is 13.8 Å². The van der Waals surface area contributed by atoms with Gasteiger partial charge in [0.1, 0.15) is 0 Å². The van der Waals surface area contributed by atoms with Crippen molar-refractivity contribution in [2.75, 3.05) is 0 Å². The third-order valence-electron chi connectivity index (χ3n) is 3.35. The molecule has 1 rings (SSSR count). The van der Waals surface area contributed by atoms with Crippen molar-refractivity contribution in [1.29, 1.82) is 0 Å². The van der Waals surface area contributed by atoms with Gasteiger partial charge in [0.2, 0.25) is 0 Å². The lowest BCUT2D eigenvalue weighted by Gasteiger charge is -2.31. The van der Waals surface area contributed by atoms with Crippen LogP contribution in [0.1, 0.15) is 46.0 Å². The van der Waals surface area contributed by atoms with Crippen LogP contribution in [0.15, 0.2) is 0 Å². The first-order valence-electron chi connectivity index (χ1n) is 5.45. The predicted octanol–water partition coefficient (Wildman–Crippen LogP) is 4.40. The van der Waals surface area contributed by atoms with Crippen molar-refractivity contribution in [3.05, 3.63) is 0 Å². The molecule has 1 aliphatic carbocycles. The normalized spacial score (nSPS) is 29.6. The van der Waals surface area contributed by atoms with Gasteiger partial charge in [-0.15, -0.1) is 0 Å².